The van der Waals surface area contributed by atoms with Crippen molar-refractivity contribution in [2.75, 3.05) is 13.2 Å². The lowest BCUT2D eigenvalue weighted by Gasteiger charge is -2.43. The molecule has 1 unspecified atom stereocenters. The van der Waals surface area contributed by atoms with E-state index in [-0.39, 0.29) is 50.2 Å². The van der Waals surface area contributed by atoms with E-state index in [1.54, 1.807) is 24.3 Å². The maximum absolute atomic E-state index is 15.4. The summed E-state index contributed by atoms with van der Waals surface area (Å²) in [7, 11) is 0. The molecule has 3 aromatic carbocycles. The lowest BCUT2D eigenvalue weighted by atomic mass is 9.78. The molecule has 290 valence electrons. The van der Waals surface area contributed by atoms with Crippen molar-refractivity contribution in [1.82, 2.24) is 15.5 Å². The van der Waals surface area contributed by atoms with E-state index in [0.29, 0.717) is 42.3 Å². The van der Waals surface area contributed by atoms with Gasteiger partial charge in [0, 0.05) is 19.1 Å². The minimum atomic E-state index is -1.95. The van der Waals surface area contributed by atoms with Crippen LogP contribution in [0.5, 0.6) is 0 Å². The number of amides is 4. The molecule has 0 spiro atoms. The molecule has 0 fully saturated rings. The van der Waals surface area contributed by atoms with Gasteiger partial charge in [0.25, 0.3) is 5.91 Å². The molecule has 11 nitrogen and oxygen atoms in total. The number of rotatable bonds is 20. The van der Waals surface area contributed by atoms with Crippen LogP contribution in [0.2, 0.25) is 0 Å². The number of aliphatic hydroxyl groups is 2. The molecule has 0 bridgehead atoms. The van der Waals surface area contributed by atoms with Crippen molar-refractivity contribution in [2.45, 2.75) is 110 Å². The first-order chi connectivity index (χ1) is 25.3. The molecule has 53 heavy (non-hydrogen) atoms. The van der Waals surface area contributed by atoms with E-state index in [1.165, 1.54) is 6.92 Å². The van der Waals surface area contributed by atoms with E-state index in [9.17, 15) is 24.6 Å². The van der Waals surface area contributed by atoms with Crippen molar-refractivity contribution in [3.63, 3.8) is 0 Å². The SMILES string of the molecule is CCCC[C@](C(=O)N[C@@H](CC(C)C)[C@@H](O)CC(CCO)C(=O)NCC(C)C)(c1cccc2ccccc12)N(C(=O)OCc1ccccc1)C(=O)[C@H](C)N. The molecule has 0 saturated heterocycles. The number of hydrogen-bond donors (Lipinski definition) is 5. The number of carbonyl (C=O) groups excluding carboxylic acids is 4. The monoisotopic (exact) mass is 732 g/mol. The molecule has 0 aliphatic carbocycles. The third-order valence-corrected chi connectivity index (χ3v) is 9.45. The van der Waals surface area contributed by atoms with Crippen molar-refractivity contribution in [2.24, 2.45) is 23.5 Å². The van der Waals surface area contributed by atoms with Crippen LogP contribution in [0.1, 0.15) is 91.2 Å². The highest BCUT2D eigenvalue weighted by Crippen LogP contribution is 2.40. The van der Waals surface area contributed by atoms with Gasteiger partial charge in [-0.1, -0.05) is 120 Å². The fourth-order valence-corrected chi connectivity index (χ4v) is 6.67. The minimum absolute atomic E-state index is 0.00115. The van der Waals surface area contributed by atoms with Gasteiger partial charge in [-0.3, -0.25) is 14.4 Å². The van der Waals surface area contributed by atoms with Crippen molar-refractivity contribution < 1.29 is 34.1 Å². The highest BCUT2D eigenvalue weighted by molar-refractivity contribution is 6.05. The van der Waals surface area contributed by atoms with E-state index in [4.69, 9.17) is 10.5 Å². The highest BCUT2D eigenvalue weighted by Gasteiger charge is 2.53. The van der Waals surface area contributed by atoms with Crippen molar-refractivity contribution in [1.29, 1.82) is 0 Å². The molecule has 0 saturated carbocycles. The van der Waals surface area contributed by atoms with Crippen LogP contribution in [0.3, 0.4) is 0 Å². The summed E-state index contributed by atoms with van der Waals surface area (Å²) in [5, 5.41) is 29.0. The number of nitrogens with zero attached hydrogens (tertiary/aromatic N) is 1. The van der Waals surface area contributed by atoms with Gasteiger partial charge in [-0.05, 0) is 66.3 Å². The molecular formula is C42H60N4O7. The number of carbonyl (C=O) groups is 4. The summed E-state index contributed by atoms with van der Waals surface area (Å²) in [6, 6.07) is 19.8. The van der Waals surface area contributed by atoms with Gasteiger partial charge in [-0.15, -0.1) is 0 Å². The maximum atomic E-state index is 15.4. The first-order valence-electron chi connectivity index (χ1n) is 18.9. The summed E-state index contributed by atoms with van der Waals surface area (Å²) >= 11 is 0. The Bertz CT molecular complexity index is 1620. The lowest BCUT2D eigenvalue weighted by Crippen LogP contribution is -2.64. The van der Waals surface area contributed by atoms with Gasteiger partial charge in [0.05, 0.1) is 18.2 Å². The highest BCUT2D eigenvalue weighted by atomic mass is 16.6. The van der Waals surface area contributed by atoms with E-state index in [0.717, 1.165) is 10.3 Å². The largest absolute Gasteiger partial charge is 0.444 e. The van der Waals surface area contributed by atoms with E-state index < -0.39 is 47.6 Å². The molecule has 4 amide bonds. The van der Waals surface area contributed by atoms with Crippen LogP contribution in [-0.2, 0) is 31.3 Å². The first-order valence-corrected chi connectivity index (χ1v) is 18.9. The zero-order valence-corrected chi connectivity index (χ0v) is 32.2. The standard InChI is InChI=1S/C42H60N4O7/c1-7-8-22-42(35-20-14-18-32-17-12-13-19-34(32)35,46(39(50)30(6)43)41(52)53-27-31-15-10-9-11-16-31)40(51)45-36(24-28(2)3)37(48)25-33(21-23-47)38(49)44-26-29(4)5/h9-20,28-30,33,36-37,47-48H,7-8,21-27,43H2,1-6H3,(H,44,49)(H,45,51)/t30-,33?,36-,37-,42+/m0/s1. The molecule has 11 heteroatoms. The first kappa shape index (κ1) is 43.1. The molecule has 3 aromatic rings. The van der Waals surface area contributed by atoms with Crippen LogP contribution in [0.25, 0.3) is 10.8 Å². The Kier molecular flexibility index (Phi) is 16.9. The number of imide groups is 1. The summed E-state index contributed by atoms with van der Waals surface area (Å²) < 4.78 is 5.81. The Balaban J connectivity index is 2.23. The number of hydrogen-bond acceptors (Lipinski definition) is 8. The predicted octanol–water partition coefficient (Wildman–Crippen LogP) is 5.79. The Morgan fingerprint density at radius 1 is 0.887 bits per heavy atom. The molecule has 0 radical (unpaired) electrons. The van der Waals surface area contributed by atoms with Gasteiger partial charge in [0.2, 0.25) is 11.8 Å². The molecular weight excluding hydrogens is 672 g/mol. The van der Waals surface area contributed by atoms with Crippen molar-refractivity contribution in [3.8, 4) is 0 Å². The number of nitrogens with one attached hydrogen (secondary N) is 2. The van der Waals surface area contributed by atoms with Gasteiger partial charge in [-0.25, -0.2) is 9.69 Å². The molecule has 5 atom stereocenters. The number of fused-ring (bicyclic) bond motifs is 1. The summed E-state index contributed by atoms with van der Waals surface area (Å²) in [5.41, 5.74) is 5.39. The van der Waals surface area contributed by atoms with E-state index in [2.05, 4.69) is 10.6 Å². The Morgan fingerprint density at radius 3 is 2.17 bits per heavy atom. The van der Waals surface area contributed by atoms with Crippen molar-refractivity contribution >= 4 is 34.6 Å². The number of nitrogens with two attached hydrogens (primary N) is 1. The van der Waals surface area contributed by atoms with Gasteiger partial charge in [0.1, 0.15) is 6.61 Å². The van der Waals surface area contributed by atoms with Gasteiger partial charge >= 0.3 is 6.09 Å². The minimum Gasteiger partial charge on any atom is -0.444 e. The van der Waals surface area contributed by atoms with Crippen LogP contribution in [-0.4, -0.2) is 70.3 Å². The molecule has 0 aliphatic rings. The lowest BCUT2D eigenvalue weighted by molar-refractivity contribution is -0.149. The second kappa shape index (κ2) is 20.8. The van der Waals surface area contributed by atoms with Crippen molar-refractivity contribution in [3.05, 3.63) is 83.9 Å². The number of benzene rings is 3. The smallest absolute Gasteiger partial charge is 0.418 e. The number of unbranched alkanes of at least 4 members (excludes halogenated alkanes) is 1. The second-order valence-electron chi connectivity index (χ2n) is 14.9. The third-order valence-electron chi connectivity index (χ3n) is 9.45. The normalized spacial score (nSPS) is 14.9. The van der Waals surface area contributed by atoms with Crippen LogP contribution < -0.4 is 16.4 Å². The summed E-state index contributed by atoms with van der Waals surface area (Å²) in [4.78, 5) is 58.2. The Labute approximate surface area is 314 Å². The zero-order chi connectivity index (χ0) is 39.1. The predicted molar refractivity (Wildman–Crippen MR) is 207 cm³/mol. The second-order valence-corrected chi connectivity index (χ2v) is 14.9. The van der Waals surface area contributed by atoms with Crippen LogP contribution in [0, 0.1) is 17.8 Å². The number of aliphatic hydroxyl groups excluding tert-OH is 2. The molecule has 0 aliphatic heterocycles. The van der Waals surface area contributed by atoms with Crippen LogP contribution in [0.4, 0.5) is 4.79 Å². The summed E-state index contributed by atoms with van der Waals surface area (Å²) in [6.45, 7) is 11.3. The van der Waals surface area contributed by atoms with Crippen LogP contribution in [0.15, 0.2) is 72.8 Å². The average Bonchev–Trinajstić information content (AvgIpc) is 3.13. The van der Waals surface area contributed by atoms with Gasteiger partial charge < -0.3 is 31.3 Å². The third kappa shape index (κ3) is 11.6. The molecule has 6 N–H and O–H groups in total. The summed E-state index contributed by atoms with van der Waals surface area (Å²) in [6.07, 6.45) is -0.696. The molecule has 0 heterocycles. The molecule has 0 aromatic heterocycles. The van der Waals surface area contributed by atoms with E-state index >= 15 is 4.79 Å². The average molecular weight is 733 g/mol. The maximum Gasteiger partial charge on any atom is 0.418 e. The fraction of sp³-hybridized carbons (Fsp3) is 0.524. The number of ether oxygens (including phenoxy) is 1. The fourth-order valence-electron chi connectivity index (χ4n) is 6.67. The Hall–Kier alpha value is -4.32. The quantitative estimate of drug-likeness (QED) is 0.0972. The Morgan fingerprint density at radius 2 is 1.55 bits per heavy atom. The van der Waals surface area contributed by atoms with E-state index in [1.807, 2.05) is 83.1 Å². The van der Waals surface area contributed by atoms with Gasteiger partial charge in [0.15, 0.2) is 5.54 Å². The van der Waals surface area contributed by atoms with Crippen LogP contribution >= 0.6 is 0 Å². The zero-order valence-electron chi connectivity index (χ0n) is 32.2. The molecule has 3 rings (SSSR count). The van der Waals surface area contributed by atoms with Gasteiger partial charge in [-0.2, -0.15) is 0 Å². The summed E-state index contributed by atoms with van der Waals surface area (Å²) in [5.74, 6) is -2.27. The topological polar surface area (TPSA) is 171 Å².